The maximum atomic E-state index is 11.3. The lowest BCUT2D eigenvalue weighted by atomic mass is 10.0. The average Bonchev–Trinajstić information content (AvgIpc) is 3.17. The molecule has 1 heterocycles. The summed E-state index contributed by atoms with van der Waals surface area (Å²) in [6, 6.07) is 16.3. The number of halogens is 1. The average molecular weight is 422 g/mol. The van der Waals surface area contributed by atoms with E-state index in [1.807, 2.05) is 43.3 Å². The topological polar surface area (TPSA) is 81.2 Å². The molecule has 0 aliphatic rings. The molecule has 0 unspecified atom stereocenters. The summed E-state index contributed by atoms with van der Waals surface area (Å²) in [5, 5.41) is 15.3. The van der Waals surface area contributed by atoms with E-state index in [9.17, 15) is 10.1 Å². The van der Waals surface area contributed by atoms with Gasteiger partial charge in [0.25, 0.3) is 5.69 Å². The van der Waals surface area contributed by atoms with Crippen LogP contribution in [-0.4, -0.2) is 16.5 Å². The summed E-state index contributed by atoms with van der Waals surface area (Å²) in [5.74, 6) is 0.344. The molecular weight excluding hydrogens is 402 g/mol. The Bertz CT molecular complexity index is 1250. The van der Waals surface area contributed by atoms with E-state index in [2.05, 4.69) is 17.2 Å². The van der Waals surface area contributed by atoms with Gasteiger partial charge >= 0.3 is 0 Å². The van der Waals surface area contributed by atoms with Gasteiger partial charge in [-0.1, -0.05) is 30.7 Å². The van der Waals surface area contributed by atoms with Crippen LogP contribution < -0.4 is 5.32 Å². The van der Waals surface area contributed by atoms with Crippen molar-refractivity contribution in [3.8, 4) is 22.6 Å². The molecule has 1 N–H and O–H groups in total. The van der Waals surface area contributed by atoms with Crippen molar-refractivity contribution in [3.63, 3.8) is 0 Å². The molecule has 0 atom stereocenters. The summed E-state index contributed by atoms with van der Waals surface area (Å²) in [7, 11) is 0. The molecule has 0 fully saturated rings. The summed E-state index contributed by atoms with van der Waals surface area (Å²) >= 11 is 6.14. The maximum absolute atomic E-state index is 11.3. The fraction of sp³-hybridized carbons (Fsp3) is 0.174. The minimum Gasteiger partial charge on any atom is -0.436 e. The maximum Gasteiger partial charge on any atom is 0.270 e. The van der Waals surface area contributed by atoms with Gasteiger partial charge in [0.2, 0.25) is 5.89 Å². The largest absolute Gasteiger partial charge is 0.436 e. The van der Waals surface area contributed by atoms with Crippen LogP contribution in [0.15, 0.2) is 59.0 Å². The van der Waals surface area contributed by atoms with Gasteiger partial charge in [-0.15, -0.1) is 0 Å². The number of aromatic nitrogens is 1. The van der Waals surface area contributed by atoms with E-state index in [1.54, 1.807) is 6.07 Å². The molecule has 4 aromatic rings. The second kappa shape index (κ2) is 8.16. The minimum absolute atomic E-state index is 0.00775. The number of anilines is 1. The fourth-order valence-corrected chi connectivity index (χ4v) is 3.40. The number of nitro groups is 1. The lowest BCUT2D eigenvalue weighted by Gasteiger charge is -2.08. The van der Waals surface area contributed by atoms with Crippen LogP contribution in [0.5, 0.6) is 0 Å². The molecule has 7 heteroatoms. The van der Waals surface area contributed by atoms with Gasteiger partial charge in [0, 0.05) is 29.4 Å². The lowest BCUT2D eigenvalue weighted by molar-refractivity contribution is -0.384. The van der Waals surface area contributed by atoms with Crippen LogP contribution in [-0.2, 0) is 0 Å². The van der Waals surface area contributed by atoms with Crippen LogP contribution in [0.1, 0.15) is 18.9 Å². The molecule has 6 nitrogen and oxygen atoms in total. The van der Waals surface area contributed by atoms with Crippen molar-refractivity contribution in [2.75, 3.05) is 11.9 Å². The van der Waals surface area contributed by atoms with Crippen molar-refractivity contribution in [2.24, 2.45) is 0 Å². The Morgan fingerprint density at radius 1 is 1.10 bits per heavy atom. The molecule has 0 saturated heterocycles. The molecule has 0 saturated carbocycles. The van der Waals surface area contributed by atoms with Gasteiger partial charge in [-0.3, -0.25) is 10.1 Å². The minimum atomic E-state index is -0.420. The standard InChI is InChI=1S/C23H20ClN3O3/c1-3-10-25-20-8-6-17(27(28)29)13-18(20)23-26-21-12-16(5-9-22(21)30-23)15-4-7-19(24)14(2)11-15/h4-9,11-13,25H,3,10H2,1-2H3. The third kappa shape index (κ3) is 3.86. The molecule has 0 amide bonds. The smallest absolute Gasteiger partial charge is 0.270 e. The van der Waals surface area contributed by atoms with Crippen molar-refractivity contribution < 1.29 is 9.34 Å². The first kappa shape index (κ1) is 19.9. The van der Waals surface area contributed by atoms with Crippen LogP contribution >= 0.6 is 11.6 Å². The van der Waals surface area contributed by atoms with Crippen LogP contribution in [0.3, 0.4) is 0 Å². The fourth-order valence-electron chi connectivity index (χ4n) is 3.28. The van der Waals surface area contributed by atoms with Gasteiger partial charge in [-0.05, 0) is 60.4 Å². The first-order valence-corrected chi connectivity index (χ1v) is 10.0. The summed E-state index contributed by atoms with van der Waals surface area (Å²) in [5.41, 5.74) is 5.63. The van der Waals surface area contributed by atoms with Crippen molar-refractivity contribution in [1.82, 2.24) is 4.98 Å². The molecule has 0 spiro atoms. The zero-order valence-corrected chi connectivity index (χ0v) is 17.4. The van der Waals surface area contributed by atoms with E-state index < -0.39 is 4.92 Å². The summed E-state index contributed by atoms with van der Waals surface area (Å²) < 4.78 is 5.95. The third-order valence-corrected chi connectivity index (χ3v) is 5.31. The number of oxazole rings is 1. The zero-order valence-electron chi connectivity index (χ0n) is 16.6. The normalized spacial score (nSPS) is 11.0. The zero-order chi connectivity index (χ0) is 21.3. The van der Waals surface area contributed by atoms with E-state index in [-0.39, 0.29) is 5.69 Å². The van der Waals surface area contributed by atoms with Gasteiger partial charge in [0.1, 0.15) is 5.52 Å². The van der Waals surface area contributed by atoms with Crippen molar-refractivity contribution in [3.05, 3.63) is 75.3 Å². The Labute approximate surface area is 178 Å². The molecule has 4 rings (SSSR count). The number of nitro benzene ring substituents is 1. The highest BCUT2D eigenvalue weighted by molar-refractivity contribution is 6.31. The van der Waals surface area contributed by atoms with Gasteiger partial charge < -0.3 is 9.73 Å². The number of benzene rings is 3. The number of fused-ring (bicyclic) bond motifs is 1. The number of nitrogens with one attached hydrogen (secondary N) is 1. The Balaban J connectivity index is 1.79. The molecule has 30 heavy (non-hydrogen) atoms. The second-order valence-corrected chi connectivity index (χ2v) is 7.49. The summed E-state index contributed by atoms with van der Waals surface area (Å²) in [6.07, 6.45) is 0.924. The SMILES string of the molecule is CCCNc1ccc([N+](=O)[O-])cc1-c1nc2cc(-c3ccc(Cl)c(C)c3)ccc2o1. The number of rotatable bonds is 6. The second-order valence-electron chi connectivity index (χ2n) is 7.08. The van der Waals surface area contributed by atoms with E-state index in [4.69, 9.17) is 16.0 Å². The van der Waals surface area contributed by atoms with Crippen LogP contribution in [0.4, 0.5) is 11.4 Å². The van der Waals surface area contributed by atoms with E-state index in [0.29, 0.717) is 22.6 Å². The number of hydrogen-bond acceptors (Lipinski definition) is 5. The van der Waals surface area contributed by atoms with Crippen molar-refractivity contribution >= 4 is 34.1 Å². The number of non-ortho nitro benzene ring substituents is 1. The summed E-state index contributed by atoms with van der Waals surface area (Å²) in [4.78, 5) is 15.5. The molecular formula is C23H20ClN3O3. The Hall–Kier alpha value is -3.38. The highest BCUT2D eigenvalue weighted by atomic mass is 35.5. The molecule has 0 bridgehead atoms. The van der Waals surface area contributed by atoms with E-state index >= 15 is 0 Å². The van der Waals surface area contributed by atoms with Crippen molar-refractivity contribution in [1.29, 1.82) is 0 Å². The monoisotopic (exact) mass is 421 g/mol. The van der Waals surface area contributed by atoms with Gasteiger partial charge in [0.05, 0.1) is 10.5 Å². The van der Waals surface area contributed by atoms with E-state index in [1.165, 1.54) is 12.1 Å². The third-order valence-electron chi connectivity index (χ3n) is 4.89. The van der Waals surface area contributed by atoms with Crippen molar-refractivity contribution in [2.45, 2.75) is 20.3 Å². The molecule has 152 valence electrons. The van der Waals surface area contributed by atoms with Crippen LogP contribution in [0.25, 0.3) is 33.7 Å². The molecule has 0 aliphatic heterocycles. The van der Waals surface area contributed by atoms with E-state index in [0.717, 1.165) is 40.4 Å². The molecule has 0 radical (unpaired) electrons. The predicted octanol–water partition coefficient (Wildman–Crippen LogP) is 6.85. The van der Waals surface area contributed by atoms with Gasteiger partial charge in [-0.25, -0.2) is 4.98 Å². The molecule has 3 aromatic carbocycles. The first-order chi connectivity index (χ1) is 14.5. The Morgan fingerprint density at radius 2 is 1.87 bits per heavy atom. The molecule has 0 aliphatic carbocycles. The Morgan fingerprint density at radius 3 is 2.60 bits per heavy atom. The number of aryl methyl sites for hydroxylation is 1. The highest BCUT2D eigenvalue weighted by Gasteiger charge is 2.17. The van der Waals surface area contributed by atoms with Gasteiger partial charge in [0.15, 0.2) is 5.58 Å². The first-order valence-electron chi connectivity index (χ1n) is 9.66. The summed E-state index contributed by atoms with van der Waals surface area (Å²) in [6.45, 7) is 4.76. The molecule has 1 aromatic heterocycles. The highest BCUT2D eigenvalue weighted by Crippen LogP contribution is 2.35. The van der Waals surface area contributed by atoms with Crippen LogP contribution in [0, 0.1) is 17.0 Å². The predicted molar refractivity (Wildman–Crippen MR) is 120 cm³/mol. The number of hydrogen-bond donors (Lipinski definition) is 1. The number of nitrogens with zero attached hydrogens (tertiary/aromatic N) is 2. The Kier molecular flexibility index (Phi) is 5.42. The van der Waals surface area contributed by atoms with Crippen LogP contribution in [0.2, 0.25) is 5.02 Å². The van der Waals surface area contributed by atoms with Gasteiger partial charge in [-0.2, -0.15) is 0 Å². The lowest BCUT2D eigenvalue weighted by Crippen LogP contribution is -2.02. The quantitative estimate of drug-likeness (QED) is 0.272.